The fraction of sp³-hybridized carbons (Fsp3) is 0.611. The Hall–Kier alpha value is -1.55. The van der Waals surface area contributed by atoms with Gasteiger partial charge in [-0.3, -0.25) is 5.32 Å². The number of carbonyl (C=O) groups excluding carboxylic acids is 1. The largest absolute Gasteiger partial charge is 0.438 e. The number of para-hydroxylation sites is 1. The molecule has 1 N–H and O–H groups in total. The number of likely N-dealkylation sites (tertiary alicyclic amines) is 1. The van der Waals surface area contributed by atoms with E-state index in [0.717, 1.165) is 37.2 Å². The highest BCUT2D eigenvalue weighted by Gasteiger charge is 2.44. The van der Waals surface area contributed by atoms with Crippen LogP contribution in [0.1, 0.15) is 51.5 Å². The van der Waals surface area contributed by atoms with Crippen LogP contribution in [0.3, 0.4) is 0 Å². The lowest BCUT2D eigenvalue weighted by Crippen LogP contribution is -2.50. The Labute approximate surface area is 132 Å². The van der Waals surface area contributed by atoms with Crippen LogP contribution in [-0.2, 0) is 10.3 Å². The van der Waals surface area contributed by atoms with Crippen LogP contribution in [0.25, 0.3) is 0 Å². The van der Waals surface area contributed by atoms with Crippen LogP contribution >= 0.6 is 0 Å². The molecule has 2 aliphatic heterocycles. The summed E-state index contributed by atoms with van der Waals surface area (Å²) in [5.41, 5.74) is 1.62. The van der Waals surface area contributed by atoms with E-state index in [1.165, 1.54) is 19.3 Å². The van der Waals surface area contributed by atoms with Crippen LogP contribution in [0, 0.1) is 0 Å². The lowest BCUT2D eigenvalue weighted by Gasteiger charge is -2.46. The molecule has 2 aliphatic rings. The Morgan fingerprint density at radius 2 is 2.00 bits per heavy atom. The maximum Gasteiger partial charge on any atom is 0.412 e. The lowest BCUT2D eigenvalue weighted by atomic mass is 9.81. The number of hydrogen-bond acceptors (Lipinski definition) is 3. The van der Waals surface area contributed by atoms with Gasteiger partial charge in [-0.25, -0.2) is 4.79 Å². The molecule has 4 heteroatoms. The SMILES string of the molecule is CCCC(CC)N1CCC2(CC1)OC(=O)Nc1ccccc12. The minimum Gasteiger partial charge on any atom is -0.438 e. The van der Waals surface area contributed by atoms with E-state index in [2.05, 4.69) is 30.1 Å². The summed E-state index contributed by atoms with van der Waals surface area (Å²) in [5.74, 6) is 0. The number of fused-ring (bicyclic) bond motifs is 2. The van der Waals surface area contributed by atoms with Gasteiger partial charge >= 0.3 is 6.09 Å². The van der Waals surface area contributed by atoms with Crippen molar-refractivity contribution >= 4 is 11.8 Å². The third kappa shape index (κ3) is 2.72. The van der Waals surface area contributed by atoms with E-state index in [4.69, 9.17) is 4.74 Å². The highest BCUT2D eigenvalue weighted by molar-refractivity contribution is 5.88. The Morgan fingerprint density at radius 3 is 2.68 bits per heavy atom. The zero-order valence-electron chi connectivity index (χ0n) is 13.6. The summed E-state index contributed by atoms with van der Waals surface area (Å²) < 4.78 is 5.79. The Bertz CT molecular complexity index is 536. The summed E-state index contributed by atoms with van der Waals surface area (Å²) in [6, 6.07) is 8.71. The molecule has 0 saturated carbocycles. The zero-order chi connectivity index (χ0) is 15.6. The number of ether oxygens (including phenoxy) is 1. The summed E-state index contributed by atoms with van der Waals surface area (Å²) in [4.78, 5) is 14.5. The van der Waals surface area contributed by atoms with Crippen LogP contribution in [0.4, 0.5) is 10.5 Å². The van der Waals surface area contributed by atoms with Gasteiger partial charge in [0.25, 0.3) is 0 Å². The number of rotatable bonds is 4. The lowest BCUT2D eigenvalue weighted by molar-refractivity contribution is -0.0467. The first-order chi connectivity index (χ1) is 10.7. The third-order valence-electron chi connectivity index (χ3n) is 5.16. The van der Waals surface area contributed by atoms with Crippen LogP contribution in [0.2, 0.25) is 0 Å². The normalized spacial score (nSPS) is 21.8. The minimum absolute atomic E-state index is 0.312. The van der Waals surface area contributed by atoms with E-state index in [1.807, 2.05) is 18.2 Å². The molecule has 1 fully saturated rings. The number of nitrogens with zero attached hydrogens (tertiary/aromatic N) is 1. The number of nitrogens with one attached hydrogen (secondary N) is 1. The Kier molecular flexibility index (Phi) is 4.39. The fourth-order valence-corrected chi connectivity index (χ4v) is 3.96. The molecule has 1 amide bonds. The van der Waals surface area contributed by atoms with Crippen molar-refractivity contribution in [2.45, 2.75) is 57.6 Å². The van der Waals surface area contributed by atoms with Crippen molar-refractivity contribution in [3.63, 3.8) is 0 Å². The highest BCUT2D eigenvalue weighted by Crippen LogP contribution is 2.43. The van der Waals surface area contributed by atoms with Gasteiger partial charge < -0.3 is 9.64 Å². The van der Waals surface area contributed by atoms with Crippen molar-refractivity contribution < 1.29 is 9.53 Å². The molecule has 1 aromatic carbocycles. The average molecular weight is 302 g/mol. The summed E-state index contributed by atoms with van der Waals surface area (Å²) in [6.45, 7) is 6.52. The number of anilines is 1. The number of piperidine rings is 1. The summed E-state index contributed by atoms with van der Waals surface area (Å²) in [7, 11) is 0. The van der Waals surface area contributed by atoms with Crippen molar-refractivity contribution in [1.82, 2.24) is 4.90 Å². The van der Waals surface area contributed by atoms with Gasteiger partial charge in [0.15, 0.2) is 0 Å². The van der Waals surface area contributed by atoms with Crippen molar-refractivity contribution in [2.24, 2.45) is 0 Å². The van der Waals surface area contributed by atoms with Crippen molar-refractivity contribution in [3.8, 4) is 0 Å². The maximum atomic E-state index is 11.9. The summed E-state index contributed by atoms with van der Waals surface area (Å²) in [6.07, 6.45) is 5.13. The number of hydrogen-bond donors (Lipinski definition) is 1. The molecule has 22 heavy (non-hydrogen) atoms. The van der Waals surface area contributed by atoms with Gasteiger partial charge in [0, 0.05) is 37.5 Å². The second-order valence-corrected chi connectivity index (χ2v) is 6.44. The molecule has 1 unspecified atom stereocenters. The van der Waals surface area contributed by atoms with Gasteiger partial charge in [0.2, 0.25) is 0 Å². The number of benzene rings is 1. The van der Waals surface area contributed by atoms with E-state index >= 15 is 0 Å². The predicted molar refractivity (Wildman–Crippen MR) is 88.0 cm³/mol. The molecule has 0 aliphatic carbocycles. The second kappa shape index (κ2) is 6.29. The topological polar surface area (TPSA) is 41.6 Å². The van der Waals surface area contributed by atoms with Crippen molar-refractivity contribution in [2.75, 3.05) is 18.4 Å². The summed E-state index contributed by atoms with van der Waals surface area (Å²) in [5, 5.41) is 2.82. The Morgan fingerprint density at radius 1 is 1.27 bits per heavy atom. The Balaban J connectivity index is 1.79. The standard InChI is InChI=1S/C18H26N2O2/c1-3-7-14(4-2)20-12-10-18(11-13-20)15-8-5-6-9-16(15)19-17(21)22-18/h5-6,8-9,14H,3-4,7,10-13H2,1-2H3,(H,19,21). The van der Waals surface area contributed by atoms with E-state index in [-0.39, 0.29) is 6.09 Å². The van der Waals surface area contributed by atoms with Gasteiger partial charge in [0.05, 0.1) is 5.69 Å². The van der Waals surface area contributed by atoms with E-state index in [0.29, 0.717) is 6.04 Å². The molecule has 1 aromatic rings. The monoisotopic (exact) mass is 302 g/mol. The van der Waals surface area contributed by atoms with Crippen LogP contribution in [0.5, 0.6) is 0 Å². The van der Waals surface area contributed by atoms with Crippen molar-refractivity contribution in [1.29, 1.82) is 0 Å². The third-order valence-corrected chi connectivity index (χ3v) is 5.16. The first kappa shape index (κ1) is 15.3. The van der Waals surface area contributed by atoms with Gasteiger partial charge in [-0.2, -0.15) is 0 Å². The van der Waals surface area contributed by atoms with Gasteiger partial charge in [-0.1, -0.05) is 38.5 Å². The molecule has 3 rings (SSSR count). The molecular weight excluding hydrogens is 276 g/mol. The maximum absolute atomic E-state index is 11.9. The molecule has 120 valence electrons. The van der Waals surface area contributed by atoms with Crippen molar-refractivity contribution in [3.05, 3.63) is 29.8 Å². The van der Waals surface area contributed by atoms with Crippen LogP contribution in [-0.4, -0.2) is 30.1 Å². The number of carbonyl (C=O) groups is 1. The van der Waals surface area contributed by atoms with Gasteiger partial charge in [-0.05, 0) is 18.9 Å². The summed E-state index contributed by atoms with van der Waals surface area (Å²) >= 11 is 0. The molecule has 4 nitrogen and oxygen atoms in total. The van der Waals surface area contributed by atoms with Crippen LogP contribution < -0.4 is 5.32 Å². The second-order valence-electron chi connectivity index (χ2n) is 6.44. The van der Waals surface area contributed by atoms with E-state index in [9.17, 15) is 4.79 Å². The number of amides is 1. The minimum atomic E-state index is -0.431. The highest BCUT2D eigenvalue weighted by atomic mass is 16.6. The first-order valence-electron chi connectivity index (χ1n) is 8.52. The quantitative estimate of drug-likeness (QED) is 0.909. The van der Waals surface area contributed by atoms with Crippen LogP contribution in [0.15, 0.2) is 24.3 Å². The molecule has 0 bridgehead atoms. The zero-order valence-corrected chi connectivity index (χ0v) is 13.6. The molecule has 1 spiro atoms. The molecule has 0 radical (unpaired) electrons. The van der Waals surface area contributed by atoms with Gasteiger partial charge in [-0.15, -0.1) is 0 Å². The smallest absolute Gasteiger partial charge is 0.412 e. The molecular formula is C18H26N2O2. The first-order valence-corrected chi connectivity index (χ1v) is 8.52. The van der Waals surface area contributed by atoms with E-state index < -0.39 is 5.60 Å². The molecule has 1 atom stereocenters. The molecule has 2 heterocycles. The predicted octanol–water partition coefficient (Wildman–Crippen LogP) is 4.12. The van der Waals surface area contributed by atoms with E-state index in [1.54, 1.807) is 0 Å². The average Bonchev–Trinajstić information content (AvgIpc) is 2.53. The fourth-order valence-electron chi connectivity index (χ4n) is 3.96. The molecule has 0 aromatic heterocycles. The van der Waals surface area contributed by atoms with Gasteiger partial charge in [0.1, 0.15) is 5.60 Å². The molecule has 1 saturated heterocycles.